The van der Waals surface area contributed by atoms with Crippen LogP contribution in [0.3, 0.4) is 0 Å². The lowest BCUT2D eigenvalue weighted by Gasteiger charge is -2.12. The molecule has 0 radical (unpaired) electrons. The Morgan fingerprint density at radius 2 is 1.69 bits per heavy atom. The van der Waals surface area contributed by atoms with Crippen LogP contribution in [0.2, 0.25) is 0 Å². The van der Waals surface area contributed by atoms with Crippen LogP contribution in [0, 0.1) is 0 Å². The van der Waals surface area contributed by atoms with Gasteiger partial charge in [-0.3, -0.25) is 0 Å². The standard InChI is InChI=1S/C10H12O6/c1-15-6-3-5(8(11)10(13)14)4-7(16-2)9(6)12/h3-4,8,11-12H,1-2H3,(H,13,14)/t8-/m1/s1. The normalized spacial score (nSPS) is 11.9. The summed E-state index contributed by atoms with van der Waals surface area (Å²) in [5, 5.41) is 27.5. The maximum atomic E-state index is 10.6. The number of carboxylic acids is 1. The van der Waals surface area contributed by atoms with E-state index in [0.717, 1.165) is 0 Å². The summed E-state index contributed by atoms with van der Waals surface area (Å²) in [6.45, 7) is 0. The molecule has 0 spiro atoms. The van der Waals surface area contributed by atoms with Crippen molar-refractivity contribution in [2.75, 3.05) is 14.2 Å². The Bertz CT molecular complexity index is 375. The van der Waals surface area contributed by atoms with Gasteiger partial charge in [0.1, 0.15) is 0 Å². The second kappa shape index (κ2) is 4.71. The minimum atomic E-state index is -1.69. The van der Waals surface area contributed by atoms with Crippen LogP contribution >= 0.6 is 0 Å². The second-order valence-corrected chi connectivity index (χ2v) is 3.01. The zero-order chi connectivity index (χ0) is 12.3. The Morgan fingerprint density at radius 3 is 2.00 bits per heavy atom. The average Bonchev–Trinajstić information content (AvgIpc) is 2.28. The van der Waals surface area contributed by atoms with Crippen molar-refractivity contribution in [1.82, 2.24) is 0 Å². The van der Waals surface area contributed by atoms with Crippen LogP contribution in [0.5, 0.6) is 17.2 Å². The maximum absolute atomic E-state index is 10.6. The number of phenols is 1. The van der Waals surface area contributed by atoms with E-state index in [-0.39, 0.29) is 22.8 Å². The van der Waals surface area contributed by atoms with Crippen LogP contribution in [-0.2, 0) is 4.79 Å². The lowest BCUT2D eigenvalue weighted by Crippen LogP contribution is -2.10. The van der Waals surface area contributed by atoms with Crippen molar-refractivity contribution >= 4 is 5.97 Å². The van der Waals surface area contributed by atoms with Crippen LogP contribution in [-0.4, -0.2) is 35.5 Å². The highest BCUT2D eigenvalue weighted by Gasteiger charge is 2.20. The van der Waals surface area contributed by atoms with Crippen molar-refractivity contribution in [3.05, 3.63) is 17.7 Å². The van der Waals surface area contributed by atoms with Gasteiger partial charge in [-0.15, -0.1) is 0 Å². The van der Waals surface area contributed by atoms with E-state index < -0.39 is 12.1 Å². The molecule has 0 saturated carbocycles. The van der Waals surface area contributed by atoms with E-state index in [9.17, 15) is 15.0 Å². The highest BCUT2D eigenvalue weighted by atomic mass is 16.5. The van der Waals surface area contributed by atoms with E-state index in [1.807, 2.05) is 0 Å². The summed E-state index contributed by atoms with van der Waals surface area (Å²) >= 11 is 0. The second-order valence-electron chi connectivity index (χ2n) is 3.01. The molecule has 0 aromatic heterocycles. The van der Waals surface area contributed by atoms with Crippen LogP contribution < -0.4 is 9.47 Å². The molecular weight excluding hydrogens is 216 g/mol. The van der Waals surface area contributed by atoms with Crippen molar-refractivity contribution in [1.29, 1.82) is 0 Å². The molecular formula is C10H12O6. The minimum Gasteiger partial charge on any atom is -0.502 e. The van der Waals surface area contributed by atoms with E-state index in [1.165, 1.54) is 26.4 Å². The number of aromatic hydroxyl groups is 1. The number of aliphatic carboxylic acids is 1. The summed E-state index contributed by atoms with van der Waals surface area (Å²) in [6, 6.07) is 2.47. The van der Waals surface area contributed by atoms with Gasteiger partial charge in [-0.05, 0) is 17.7 Å². The van der Waals surface area contributed by atoms with E-state index >= 15 is 0 Å². The van der Waals surface area contributed by atoms with Gasteiger partial charge in [0.15, 0.2) is 17.6 Å². The smallest absolute Gasteiger partial charge is 0.337 e. The van der Waals surface area contributed by atoms with E-state index in [0.29, 0.717) is 0 Å². The molecule has 1 aromatic carbocycles. The lowest BCUT2D eigenvalue weighted by atomic mass is 10.1. The molecule has 6 nitrogen and oxygen atoms in total. The predicted octanol–water partition coefficient (Wildman–Crippen LogP) is 0.527. The zero-order valence-electron chi connectivity index (χ0n) is 8.80. The number of benzene rings is 1. The first kappa shape index (κ1) is 12.1. The molecule has 0 saturated heterocycles. The molecule has 6 heteroatoms. The quantitative estimate of drug-likeness (QED) is 0.695. The molecule has 3 N–H and O–H groups in total. The SMILES string of the molecule is COc1cc([C@@H](O)C(=O)O)cc(OC)c1O. The molecule has 1 rings (SSSR count). The fourth-order valence-corrected chi connectivity index (χ4v) is 1.21. The van der Waals surface area contributed by atoms with E-state index in [4.69, 9.17) is 14.6 Å². The molecule has 0 heterocycles. The molecule has 0 fully saturated rings. The van der Waals surface area contributed by atoms with E-state index in [1.54, 1.807) is 0 Å². The Labute approximate surface area is 91.7 Å². The maximum Gasteiger partial charge on any atom is 0.337 e. The predicted molar refractivity (Wildman–Crippen MR) is 53.8 cm³/mol. The van der Waals surface area contributed by atoms with Gasteiger partial charge in [0.25, 0.3) is 0 Å². The van der Waals surface area contributed by atoms with Gasteiger partial charge in [-0.2, -0.15) is 0 Å². The summed E-state index contributed by atoms with van der Waals surface area (Å²) in [5.41, 5.74) is 0.0685. The highest BCUT2D eigenvalue weighted by molar-refractivity contribution is 5.75. The molecule has 0 aliphatic rings. The first-order chi connectivity index (χ1) is 7.51. The van der Waals surface area contributed by atoms with E-state index in [2.05, 4.69) is 0 Å². The number of hydrogen-bond donors (Lipinski definition) is 3. The third kappa shape index (κ3) is 2.17. The molecule has 1 atom stereocenters. The summed E-state index contributed by atoms with van der Waals surface area (Å²) < 4.78 is 9.65. The molecule has 0 unspecified atom stereocenters. The summed E-state index contributed by atoms with van der Waals surface area (Å²) in [4.78, 5) is 10.6. The van der Waals surface area contributed by atoms with Gasteiger partial charge >= 0.3 is 5.97 Å². The van der Waals surface area contributed by atoms with Crippen LogP contribution in [0.4, 0.5) is 0 Å². The number of ether oxygens (including phenoxy) is 2. The van der Waals surface area contributed by atoms with Crippen molar-refractivity contribution in [3.63, 3.8) is 0 Å². The molecule has 88 valence electrons. The van der Waals surface area contributed by atoms with Crippen molar-refractivity contribution in [2.45, 2.75) is 6.10 Å². The Hall–Kier alpha value is -1.95. The van der Waals surface area contributed by atoms with Crippen LogP contribution in [0.25, 0.3) is 0 Å². The minimum absolute atomic E-state index is 0.0367. The number of phenolic OH excluding ortho intramolecular Hbond substituents is 1. The van der Waals surface area contributed by atoms with Crippen molar-refractivity contribution in [3.8, 4) is 17.2 Å². The van der Waals surface area contributed by atoms with Crippen LogP contribution in [0.15, 0.2) is 12.1 Å². The third-order valence-electron chi connectivity index (χ3n) is 2.05. The van der Waals surface area contributed by atoms with Crippen molar-refractivity contribution < 1.29 is 29.6 Å². The van der Waals surface area contributed by atoms with Gasteiger partial charge in [-0.25, -0.2) is 4.79 Å². The number of rotatable bonds is 4. The van der Waals surface area contributed by atoms with Crippen LogP contribution in [0.1, 0.15) is 11.7 Å². The number of aliphatic hydroxyl groups is 1. The Balaban J connectivity index is 3.26. The highest BCUT2D eigenvalue weighted by Crippen LogP contribution is 2.38. The number of carbonyl (C=O) groups is 1. The number of methoxy groups -OCH3 is 2. The molecule has 1 aromatic rings. The topological polar surface area (TPSA) is 96.2 Å². The molecule has 0 bridgehead atoms. The van der Waals surface area contributed by atoms with Gasteiger partial charge in [-0.1, -0.05) is 0 Å². The number of hydrogen-bond acceptors (Lipinski definition) is 5. The monoisotopic (exact) mass is 228 g/mol. The largest absolute Gasteiger partial charge is 0.502 e. The fraction of sp³-hybridized carbons (Fsp3) is 0.300. The molecule has 0 amide bonds. The van der Waals surface area contributed by atoms with Gasteiger partial charge in [0.2, 0.25) is 5.75 Å². The number of aliphatic hydroxyl groups excluding tert-OH is 1. The van der Waals surface area contributed by atoms with Gasteiger partial charge in [0, 0.05) is 0 Å². The Kier molecular flexibility index (Phi) is 3.57. The molecule has 0 aliphatic carbocycles. The fourth-order valence-electron chi connectivity index (χ4n) is 1.21. The molecule has 0 aliphatic heterocycles. The zero-order valence-corrected chi connectivity index (χ0v) is 8.80. The first-order valence-electron chi connectivity index (χ1n) is 4.37. The number of carboxylic acid groups (broad SMARTS) is 1. The third-order valence-corrected chi connectivity index (χ3v) is 2.05. The Morgan fingerprint density at radius 1 is 1.25 bits per heavy atom. The molecule has 16 heavy (non-hydrogen) atoms. The lowest BCUT2D eigenvalue weighted by molar-refractivity contribution is -0.146. The average molecular weight is 228 g/mol. The summed E-state index contributed by atoms with van der Waals surface area (Å²) in [5.74, 6) is -1.56. The summed E-state index contributed by atoms with van der Waals surface area (Å²) in [6.07, 6.45) is -1.69. The first-order valence-corrected chi connectivity index (χ1v) is 4.37. The van der Waals surface area contributed by atoms with Crippen molar-refractivity contribution in [2.24, 2.45) is 0 Å². The van der Waals surface area contributed by atoms with Gasteiger partial charge in [0.05, 0.1) is 14.2 Å². The summed E-state index contributed by atoms with van der Waals surface area (Å²) in [7, 11) is 2.62. The van der Waals surface area contributed by atoms with Gasteiger partial charge < -0.3 is 24.8 Å².